The molecule has 4 aromatic carbocycles. The smallest absolute Gasteiger partial charge is 0.416 e. The van der Waals surface area contributed by atoms with Gasteiger partial charge in [-0.05, 0) is 92.1 Å². The third-order valence-corrected chi connectivity index (χ3v) is 11.8. The summed E-state index contributed by atoms with van der Waals surface area (Å²) in [6.07, 6.45) is -1.54. The summed E-state index contributed by atoms with van der Waals surface area (Å²) in [5.41, 5.74) is 1.07. The minimum atomic E-state index is -4.64. The fourth-order valence-corrected chi connectivity index (χ4v) is 8.40. The highest BCUT2D eigenvalue weighted by molar-refractivity contribution is 7.52. The van der Waals surface area contributed by atoms with Crippen LogP contribution in [0.25, 0.3) is 0 Å². The second kappa shape index (κ2) is 18.3. The number of aryl methyl sites for hydroxylation is 2. The van der Waals surface area contributed by atoms with E-state index in [1.54, 1.807) is 37.3 Å². The first kappa shape index (κ1) is 42.6. The van der Waals surface area contributed by atoms with Gasteiger partial charge in [0.25, 0.3) is 5.91 Å². The van der Waals surface area contributed by atoms with Crippen LogP contribution in [0.5, 0.6) is 0 Å². The number of ether oxygens (including phenoxy) is 1. The van der Waals surface area contributed by atoms with E-state index in [0.717, 1.165) is 24.5 Å². The van der Waals surface area contributed by atoms with Crippen LogP contribution in [0.1, 0.15) is 82.7 Å². The summed E-state index contributed by atoms with van der Waals surface area (Å²) in [4.78, 5) is 44.8. The number of nitrogens with zero attached hydrogens (tertiary/aromatic N) is 2. The van der Waals surface area contributed by atoms with Gasteiger partial charge in [0.1, 0.15) is 5.82 Å². The maximum absolute atomic E-state index is 15.2. The van der Waals surface area contributed by atoms with Gasteiger partial charge in [0, 0.05) is 30.6 Å². The highest BCUT2D eigenvalue weighted by Gasteiger charge is 2.41. The van der Waals surface area contributed by atoms with E-state index >= 15 is 4.39 Å². The Morgan fingerprint density at radius 2 is 1.57 bits per heavy atom. The van der Waals surface area contributed by atoms with Crippen LogP contribution in [-0.4, -0.2) is 48.9 Å². The molecule has 2 aliphatic rings. The van der Waals surface area contributed by atoms with E-state index in [1.807, 2.05) is 30.3 Å². The molecule has 1 aliphatic carbocycles. The molecule has 308 valence electrons. The summed E-state index contributed by atoms with van der Waals surface area (Å²) in [6, 6.07) is 22.5. The molecular formula is C43H46F4N3O7P. The van der Waals surface area contributed by atoms with Crippen LogP contribution >= 0.6 is 7.60 Å². The van der Waals surface area contributed by atoms with E-state index in [1.165, 1.54) is 47.7 Å². The predicted octanol–water partition coefficient (Wildman–Crippen LogP) is 10.6. The van der Waals surface area contributed by atoms with Crippen LogP contribution in [0.15, 0.2) is 91.0 Å². The lowest BCUT2D eigenvalue weighted by Crippen LogP contribution is -2.47. The number of hydrogen-bond donors (Lipinski definition) is 1. The number of amides is 3. The van der Waals surface area contributed by atoms with Crippen molar-refractivity contribution in [1.82, 2.24) is 4.90 Å². The zero-order valence-electron chi connectivity index (χ0n) is 32.5. The molecule has 1 heterocycles. The van der Waals surface area contributed by atoms with Crippen LogP contribution in [0.4, 0.5) is 33.7 Å². The Labute approximate surface area is 335 Å². The van der Waals surface area contributed by atoms with Crippen LogP contribution < -0.4 is 10.2 Å². The van der Waals surface area contributed by atoms with Gasteiger partial charge in [-0.2, -0.15) is 13.2 Å². The van der Waals surface area contributed by atoms with Crippen molar-refractivity contribution in [2.45, 2.75) is 77.2 Å². The highest BCUT2D eigenvalue weighted by Crippen LogP contribution is 2.45. The molecule has 0 radical (unpaired) electrons. The van der Waals surface area contributed by atoms with Gasteiger partial charge in [-0.15, -0.1) is 0 Å². The Hall–Kier alpha value is -5.04. The minimum Gasteiger partial charge on any atom is -0.421 e. The van der Waals surface area contributed by atoms with Gasteiger partial charge >= 0.3 is 19.9 Å². The second-order valence-corrected chi connectivity index (χ2v) is 16.8. The Bertz CT molecular complexity index is 2130. The van der Waals surface area contributed by atoms with Crippen molar-refractivity contribution in [2.75, 3.05) is 30.2 Å². The number of alkyl halides is 3. The fraction of sp³-hybridized carbons (Fsp3) is 0.372. The standard InChI is InChI=1S/C43H46F4N3O7P/c1-28-18-21-32(25-36(28)43(45,46)47)48-40(51)35-16-10-24-49(41(52)38-29(2)11-9-17-37(38)44)39(35)31-19-22-34(23-20-31)50(33-14-7-8-15-33)42(53)55-27-57-58(3,54)56-26-30-12-5-4-6-13-30/h4-6,9,11-13,17-23,25,33,35,39H,7-8,10,14-16,24,26-27H2,1-3H3,(H,48,51)/t35-,39-,58?/m0/s1. The van der Waals surface area contributed by atoms with Crippen LogP contribution in [0.2, 0.25) is 0 Å². The molecule has 1 saturated heterocycles. The number of benzene rings is 4. The van der Waals surface area contributed by atoms with Gasteiger partial charge < -0.3 is 19.5 Å². The van der Waals surface area contributed by atoms with Crippen molar-refractivity contribution in [3.63, 3.8) is 0 Å². The highest BCUT2D eigenvalue weighted by atomic mass is 31.2. The molecule has 0 spiro atoms. The summed E-state index contributed by atoms with van der Waals surface area (Å²) >= 11 is 0. The van der Waals surface area contributed by atoms with Gasteiger partial charge in [-0.25, -0.2) is 9.18 Å². The van der Waals surface area contributed by atoms with Gasteiger partial charge in [0.2, 0.25) is 12.7 Å². The number of carbonyl (C=O) groups is 3. The summed E-state index contributed by atoms with van der Waals surface area (Å²) < 4.78 is 85.7. The summed E-state index contributed by atoms with van der Waals surface area (Å²) in [5.74, 6) is -2.89. The molecule has 4 aromatic rings. The number of likely N-dealkylation sites (tertiary alicyclic amines) is 1. The second-order valence-electron chi connectivity index (χ2n) is 14.7. The topological polar surface area (TPSA) is 114 Å². The maximum atomic E-state index is 15.2. The largest absolute Gasteiger partial charge is 0.421 e. The zero-order valence-corrected chi connectivity index (χ0v) is 33.4. The molecule has 2 fully saturated rings. The van der Waals surface area contributed by atoms with Gasteiger partial charge in [0.05, 0.1) is 29.7 Å². The van der Waals surface area contributed by atoms with Crippen molar-refractivity contribution < 1.29 is 50.3 Å². The molecule has 15 heteroatoms. The van der Waals surface area contributed by atoms with Crippen LogP contribution in [0.3, 0.4) is 0 Å². The lowest BCUT2D eigenvalue weighted by molar-refractivity contribution is -0.138. The third-order valence-electron chi connectivity index (χ3n) is 10.7. The van der Waals surface area contributed by atoms with Crippen molar-refractivity contribution in [2.24, 2.45) is 5.92 Å². The quantitative estimate of drug-likeness (QED) is 0.0859. The Balaban J connectivity index is 1.26. The molecule has 58 heavy (non-hydrogen) atoms. The first-order valence-electron chi connectivity index (χ1n) is 19.1. The van der Waals surface area contributed by atoms with Crippen molar-refractivity contribution in [3.05, 3.63) is 130 Å². The number of piperidine rings is 1. The Kier molecular flexibility index (Phi) is 13.4. The predicted molar refractivity (Wildman–Crippen MR) is 211 cm³/mol. The lowest BCUT2D eigenvalue weighted by Gasteiger charge is -2.41. The normalized spacial score (nSPS) is 18.4. The number of rotatable bonds is 12. The molecule has 10 nitrogen and oxygen atoms in total. The zero-order chi connectivity index (χ0) is 41.6. The number of hydrogen-bond acceptors (Lipinski definition) is 7. The SMILES string of the molecule is Cc1ccc(NC(=O)[C@H]2CCCN(C(=O)c3c(C)cccc3F)[C@H]2c2ccc(N(C(=O)OCOP(C)(=O)OCc3ccccc3)C3CCCC3)cc2)cc1C(F)(F)F. The monoisotopic (exact) mass is 823 g/mol. The Morgan fingerprint density at radius 1 is 0.862 bits per heavy atom. The molecule has 1 aliphatic heterocycles. The molecule has 6 rings (SSSR count). The minimum absolute atomic E-state index is 0.000527. The van der Waals surface area contributed by atoms with Crippen LogP contribution in [0, 0.1) is 25.6 Å². The van der Waals surface area contributed by atoms with E-state index in [0.29, 0.717) is 36.1 Å². The lowest BCUT2D eigenvalue weighted by atomic mass is 9.83. The average molecular weight is 824 g/mol. The van der Waals surface area contributed by atoms with Crippen molar-refractivity contribution >= 4 is 36.9 Å². The summed E-state index contributed by atoms with van der Waals surface area (Å²) in [5, 5.41) is 2.64. The number of halogens is 4. The average Bonchev–Trinajstić information content (AvgIpc) is 3.72. The van der Waals surface area contributed by atoms with Gasteiger partial charge in [0.15, 0.2) is 0 Å². The Morgan fingerprint density at radius 3 is 2.24 bits per heavy atom. The molecule has 0 bridgehead atoms. The van der Waals surface area contributed by atoms with Crippen LogP contribution in [-0.2, 0) is 35.9 Å². The first-order chi connectivity index (χ1) is 27.6. The summed E-state index contributed by atoms with van der Waals surface area (Å²) in [7, 11) is -3.59. The van der Waals surface area contributed by atoms with E-state index in [-0.39, 0.29) is 42.4 Å². The fourth-order valence-electron chi connectivity index (χ4n) is 7.70. The number of carbonyl (C=O) groups excluding carboxylic acids is 3. The maximum Gasteiger partial charge on any atom is 0.416 e. The first-order valence-corrected chi connectivity index (χ1v) is 21.1. The van der Waals surface area contributed by atoms with Crippen molar-refractivity contribution in [1.29, 1.82) is 0 Å². The van der Waals surface area contributed by atoms with Crippen molar-refractivity contribution in [3.8, 4) is 0 Å². The van der Waals surface area contributed by atoms with Gasteiger partial charge in [-0.1, -0.05) is 73.5 Å². The van der Waals surface area contributed by atoms with E-state index in [4.69, 9.17) is 13.8 Å². The molecule has 1 N–H and O–H groups in total. The van der Waals surface area contributed by atoms with Gasteiger partial charge in [-0.3, -0.25) is 23.6 Å². The van der Waals surface area contributed by atoms with E-state index < -0.39 is 61.8 Å². The number of nitrogens with one attached hydrogen (secondary N) is 1. The molecule has 3 amide bonds. The summed E-state index contributed by atoms with van der Waals surface area (Å²) in [6.45, 7) is 3.83. The molecule has 0 aromatic heterocycles. The third kappa shape index (κ3) is 10.1. The number of anilines is 2. The molecule has 1 unspecified atom stereocenters. The molecular weight excluding hydrogens is 777 g/mol. The van der Waals surface area contributed by atoms with E-state index in [2.05, 4.69) is 5.32 Å². The molecule has 3 atom stereocenters. The van der Waals surface area contributed by atoms with E-state index in [9.17, 15) is 32.1 Å². The molecule has 1 saturated carbocycles.